The molecule has 94 valence electrons. The van der Waals surface area contributed by atoms with Gasteiger partial charge in [-0.25, -0.2) is 0 Å². The quantitative estimate of drug-likeness (QED) is 0.859. The molecule has 2 aromatic carbocycles. The molecule has 1 aliphatic heterocycles. The average Bonchev–Trinajstić information content (AvgIpc) is 2.46. The standard InChI is InChI=1S/C17H21N/c1-2-6-17-12-14(9-10-16(17)5-1)7-8-15-4-3-11-18-13-15/h1-2,5-6,9-10,12,15,18H,3-4,7-8,11,13H2. The SMILES string of the molecule is c1ccc2cc(CCC3CCCNC3)ccc2c1. The van der Waals surface area contributed by atoms with Crippen LogP contribution in [-0.4, -0.2) is 13.1 Å². The highest BCUT2D eigenvalue weighted by atomic mass is 14.9. The van der Waals surface area contributed by atoms with Crippen LogP contribution in [0.5, 0.6) is 0 Å². The van der Waals surface area contributed by atoms with Gasteiger partial charge >= 0.3 is 0 Å². The Kier molecular flexibility index (Phi) is 3.61. The van der Waals surface area contributed by atoms with Gasteiger partial charge in [0.25, 0.3) is 0 Å². The summed E-state index contributed by atoms with van der Waals surface area (Å²) in [6.07, 6.45) is 5.30. The zero-order valence-electron chi connectivity index (χ0n) is 10.9. The third kappa shape index (κ3) is 2.73. The highest BCUT2D eigenvalue weighted by Crippen LogP contribution is 2.20. The third-order valence-corrected chi connectivity index (χ3v) is 4.05. The highest BCUT2D eigenvalue weighted by molar-refractivity contribution is 5.82. The molecule has 1 fully saturated rings. The number of benzene rings is 2. The molecule has 1 N–H and O–H groups in total. The maximum Gasteiger partial charge on any atom is -0.00204 e. The molecule has 0 saturated carbocycles. The summed E-state index contributed by atoms with van der Waals surface area (Å²) in [7, 11) is 0. The Hall–Kier alpha value is -1.34. The van der Waals surface area contributed by atoms with Gasteiger partial charge in [0.2, 0.25) is 0 Å². The summed E-state index contributed by atoms with van der Waals surface area (Å²) in [5.41, 5.74) is 1.49. The van der Waals surface area contributed by atoms with Crippen LogP contribution >= 0.6 is 0 Å². The van der Waals surface area contributed by atoms with E-state index in [1.165, 1.54) is 55.1 Å². The number of hydrogen-bond acceptors (Lipinski definition) is 1. The fourth-order valence-electron chi connectivity index (χ4n) is 2.94. The molecule has 0 amide bonds. The lowest BCUT2D eigenvalue weighted by Gasteiger charge is -2.22. The molecule has 1 saturated heterocycles. The first-order valence-electron chi connectivity index (χ1n) is 7.10. The molecule has 0 aliphatic carbocycles. The minimum atomic E-state index is 0.880. The molecule has 0 radical (unpaired) electrons. The molecule has 1 aliphatic rings. The van der Waals surface area contributed by atoms with Crippen LogP contribution in [0, 0.1) is 5.92 Å². The summed E-state index contributed by atoms with van der Waals surface area (Å²) in [6.45, 7) is 2.43. The molecule has 3 rings (SSSR count). The molecule has 1 atom stereocenters. The Bertz CT molecular complexity index is 512. The number of rotatable bonds is 3. The van der Waals surface area contributed by atoms with Crippen molar-refractivity contribution in [3.8, 4) is 0 Å². The van der Waals surface area contributed by atoms with E-state index in [9.17, 15) is 0 Å². The van der Waals surface area contributed by atoms with E-state index in [-0.39, 0.29) is 0 Å². The van der Waals surface area contributed by atoms with E-state index in [1.807, 2.05) is 0 Å². The monoisotopic (exact) mass is 239 g/mol. The molecule has 1 heteroatoms. The molecule has 0 aromatic heterocycles. The summed E-state index contributed by atoms with van der Waals surface area (Å²) in [5, 5.41) is 6.22. The van der Waals surface area contributed by atoms with Crippen LogP contribution in [0.4, 0.5) is 0 Å². The Labute approximate surface area is 109 Å². The molecule has 2 aromatic rings. The zero-order valence-corrected chi connectivity index (χ0v) is 10.9. The van der Waals surface area contributed by atoms with Crippen LogP contribution in [0.15, 0.2) is 42.5 Å². The molecular weight excluding hydrogens is 218 g/mol. The van der Waals surface area contributed by atoms with Gasteiger partial charge in [0, 0.05) is 0 Å². The zero-order chi connectivity index (χ0) is 12.2. The first-order valence-corrected chi connectivity index (χ1v) is 7.10. The number of fused-ring (bicyclic) bond motifs is 1. The topological polar surface area (TPSA) is 12.0 Å². The van der Waals surface area contributed by atoms with Crippen molar-refractivity contribution >= 4 is 10.8 Å². The van der Waals surface area contributed by atoms with E-state index in [1.54, 1.807) is 0 Å². The Morgan fingerprint density at radius 1 is 1.06 bits per heavy atom. The van der Waals surface area contributed by atoms with Crippen molar-refractivity contribution in [3.05, 3.63) is 48.0 Å². The van der Waals surface area contributed by atoms with Crippen molar-refractivity contribution in [2.24, 2.45) is 5.92 Å². The molecule has 1 nitrogen and oxygen atoms in total. The fraction of sp³-hybridized carbons (Fsp3) is 0.412. The number of piperidine rings is 1. The largest absolute Gasteiger partial charge is 0.316 e. The molecular formula is C17H21N. The Morgan fingerprint density at radius 2 is 1.94 bits per heavy atom. The van der Waals surface area contributed by atoms with Gasteiger partial charge in [-0.15, -0.1) is 0 Å². The van der Waals surface area contributed by atoms with Crippen LogP contribution in [0.1, 0.15) is 24.8 Å². The molecule has 0 spiro atoms. The van der Waals surface area contributed by atoms with Crippen molar-refractivity contribution in [2.75, 3.05) is 13.1 Å². The lowest BCUT2D eigenvalue weighted by Crippen LogP contribution is -2.29. The first-order chi connectivity index (χ1) is 8.92. The second-order valence-electron chi connectivity index (χ2n) is 5.43. The van der Waals surface area contributed by atoms with Crippen LogP contribution < -0.4 is 5.32 Å². The van der Waals surface area contributed by atoms with E-state index >= 15 is 0 Å². The minimum Gasteiger partial charge on any atom is -0.316 e. The fourth-order valence-corrected chi connectivity index (χ4v) is 2.94. The van der Waals surface area contributed by atoms with Gasteiger partial charge in [-0.2, -0.15) is 0 Å². The highest BCUT2D eigenvalue weighted by Gasteiger charge is 2.12. The summed E-state index contributed by atoms with van der Waals surface area (Å²) >= 11 is 0. The van der Waals surface area contributed by atoms with Gasteiger partial charge in [0.05, 0.1) is 0 Å². The smallest absolute Gasteiger partial charge is 0.00204 e. The lowest BCUT2D eigenvalue weighted by atomic mass is 9.92. The van der Waals surface area contributed by atoms with Gasteiger partial charge in [0.1, 0.15) is 0 Å². The molecule has 18 heavy (non-hydrogen) atoms. The summed E-state index contributed by atoms with van der Waals surface area (Å²) in [6, 6.07) is 15.5. The molecule has 1 heterocycles. The molecule has 1 unspecified atom stereocenters. The number of aryl methyl sites for hydroxylation is 1. The van der Waals surface area contributed by atoms with Crippen LogP contribution in [0.3, 0.4) is 0 Å². The predicted octanol–water partition coefficient (Wildman–Crippen LogP) is 3.77. The summed E-state index contributed by atoms with van der Waals surface area (Å²) < 4.78 is 0. The van der Waals surface area contributed by atoms with E-state index < -0.39 is 0 Å². The van der Waals surface area contributed by atoms with Crippen molar-refractivity contribution in [1.82, 2.24) is 5.32 Å². The predicted molar refractivity (Wildman–Crippen MR) is 77.9 cm³/mol. The first kappa shape index (κ1) is 11.7. The molecule has 0 bridgehead atoms. The van der Waals surface area contributed by atoms with E-state index in [0.29, 0.717) is 0 Å². The maximum atomic E-state index is 3.50. The van der Waals surface area contributed by atoms with Crippen LogP contribution in [0.25, 0.3) is 10.8 Å². The van der Waals surface area contributed by atoms with Crippen molar-refractivity contribution in [2.45, 2.75) is 25.7 Å². The van der Waals surface area contributed by atoms with Crippen molar-refractivity contribution in [3.63, 3.8) is 0 Å². The third-order valence-electron chi connectivity index (χ3n) is 4.05. The van der Waals surface area contributed by atoms with E-state index in [4.69, 9.17) is 0 Å². The van der Waals surface area contributed by atoms with Crippen molar-refractivity contribution < 1.29 is 0 Å². The lowest BCUT2D eigenvalue weighted by molar-refractivity contribution is 0.358. The second-order valence-corrected chi connectivity index (χ2v) is 5.43. The second kappa shape index (κ2) is 5.53. The van der Waals surface area contributed by atoms with Gasteiger partial charge in [-0.05, 0) is 61.0 Å². The van der Waals surface area contributed by atoms with E-state index in [0.717, 1.165) is 5.92 Å². The Morgan fingerprint density at radius 3 is 2.78 bits per heavy atom. The van der Waals surface area contributed by atoms with Gasteiger partial charge in [-0.3, -0.25) is 0 Å². The van der Waals surface area contributed by atoms with Crippen molar-refractivity contribution in [1.29, 1.82) is 0 Å². The van der Waals surface area contributed by atoms with E-state index in [2.05, 4.69) is 47.8 Å². The van der Waals surface area contributed by atoms with Gasteiger partial charge in [-0.1, -0.05) is 42.5 Å². The summed E-state index contributed by atoms with van der Waals surface area (Å²) in [4.78, 5) is 0. The van der Waals surface area contributed by atoms with Gasteiger partial charge < -0.3 is 5.32 Å². The van der Waals surface area contributed by atoms with Gasteiger partial charge in [0.15, 0.2) is 0 Å². The Balaban J connectivity index is 1.66. The number of nitrogens with one attached hydrogen (secondary N) is 1. The van der Waals surface area contributed by atoms with Crippen LogP contribution in [-0.2, 0) is 6.42 Å². The normalized spacial score (nSPS) is 20.1. The van der Waals surface area contributed by atoms with Crippen LogP contribution in [0.2, 0.25) is 0 Å². The maximum absolute atomic E-state index is 3.50. The number of hydrogen-bond donors (Lipinski definition) is 1. The average molecular weight is 239 g/mol. The summed E-state index contributed by atoms with van der Waals surface area (Å²) in [5.74, 6) is 0.880. The minimum absolute atomic E-state index is 0.880.